The second-order valence-electron chi connectivity index (χ2n) is 7.21. The summed E-state index contributed by atoms with van der Waals surface area (Å²) in [5.74, 6) is 0.375. The first-order chi connectivity index (χ1) is 15.7. The number of carbonyl (C=O) groups is 2. The Morgan fingerprint density at radius 2 is 1.79 bits per heavy atom. The highest BCUT2D eigenvalue weighted by Gasteiger charge is 2.16. The van der Waals surface area contributed by atoms with Crippen LogP contribution in [0.3, 0.4) is 0 Å². The van der Waals surface area contributed by atoms with E-state index in [0.717, 1.165) is 20.4 Å². The van der Waals surface area contributed by atoms with Gasteiger partial charge in [-0.1, -0.05) is 35.0 Å². The third-order valence-electron chi connectivity index (χ3n) is 4.79. The minimum absolute atomic E-state index is 0.118. The SMILES string of the molecule is CCn1c(CNC(=O)c2ccc(Cl)c(Cl)c2)nnc1SCC(=O)Nc1c(C)cc(I)cc1C. The highest BCUT2D eigenvalue weighted by atomic mass is 127. The number of benzene rings is 2. The third kappa shape index (κ3) is 6.62. The van der Waals surface area contributed by atoms with Crippen LogP contribution in [0, 0.1) is 17.4 Å². The first kappa shape index (κ1) is 25.8. The van der Waals surface area contributed by atoms with E-state index in [1.807, 2.05) is 37.5 Å². The molecule has 3 rings (SSSR count). The molecule has 0 unspecified atom stereocenters. The number of rotatable bonds is 8. The molecule has 2 aromatic carbocycles. The lowest BCUT2D eigenvalue weighted by Crippen LogP contribution is -2.24. The lowest BCUT2D eigenvalue weighted by molar-refractivity contribution is -0.113. The van der Waals surface area contributed by atoms with Crippen LogP contribution in [0.15, 0.2) is 35.5 Å². The standard InChI is InChI=1S/C22H22Cl2IN5O2S/c1-4-30-18(10-26-21(32)14-5-6-16(23)17(24)9-14)28-29-22(30)33-11-19(31)27-20-12(2)7-15(25)8-13(20)3/h5-9H,4,10-11H2,1-3H3,(H,26,32)(H,27,31). The predicted octanol–water partition coefficient (Wildman–Crippen LogP) is 5.49. The van der Waals surface area contributed by atoms with Crippen molar-refractivity contribution in [3.8, 4) is 0 Å². The number of amides is 2. The number of carbonyl (C=O) groups excluding carboxylic acids is 2. The van der Waals surface area contributed by atoms with Crippen LogP contribution < -0.4 is 10.6 Å². The topological polar surface area (TPSA) is 88.9 Å². The van der Waals surface area contributed by atoms with Gasteiger partial charge in [0.05, 0.1) is 22.3 Å². The summed E-state index contributed by atoms with van der Waals surface area (Å²) in [5.41, 5.74) is 3.28. The van der Waals surface area contributed by atoms with Crippen LogP contribution >= 0.6 is 57.6 Å². The average Bonchev–Trinajstić information content (AvgIpc) is 3.16. The minimum Gasteiger partial charge on any atom is -0.345 e. The van der Waals surface area contributed by atoms with Crippen molar-refractivity contribution < 1.29 is 9.59 Å². The van der Waals surface area contributed by atoms with Crippen LogP contribution in [0.2, 0.25) is 10.0 Å². The summed E-state index contributed by atoms with van der Waals surface area (Å²) >= 11 is 15.5. The monoisotopic (exact) mass is 617 g/mol. The lowest BCUT2D eigenvalue weighted by atomic mass is 10.1. The Balaban J connectivity index is 1.60. The van der Waals surface area contributed by atoms with Gasteiger partial charge in [-0.3, -0.25) is 9.59 Å². The van der Waals surface area contributed by atoms with E-state index in [0.29, 0.717) is 33.1 Å². The summed E-state index contributed by atoms with van der Waals surface area (Å²) in [7, 11) is 0. The Hall–Kier alpha value is -1.82. The predicted molar refractivity (Wildman–Crippen MR) is 141 cm³/mol. The molecule has 0 radical (unpaired) electrons. The number of nitrogens with one attached hydrogen (secondary N) is 2. The van der Waals surface area contributed by atoms with Crippen LogP contribution in [0.1, 0.15) is 34.2 Å². The second kappa shape index (κ2) is 11.5. The molecule has 0 saturated carbocycles. The largest absolute Gasteiger partial charge is 0.345 e. The van der Waals surface area contributed by atoms with Gasteiger partial charge < -0.3 is 15.2 Å². The zero-order chi connectivity index (χ0) is 24.1. The summed E-state index contributed by atoms with van der Waals surface area (Å²) in [6, 6.07) is 8.75. The van der Waals surface area contributed by atoms with Crippen molar-refractivity contribution in [3.05, 3.63) is 66.5 Å². The first-order valence-electron chi connectivity index (χ1n) is 10.0. The first-order valence-corrected chi connectivity index (χ1v) is 12.9. The lowest BCUT2D eigenvalue weighted by Gasteiger charge is -2.12. The van der Waals surface area contributed by atoms with Crippen molar-refractivity contribution in [1.29, 1.82) is 0 Å². The van der Waals surface area contributed by atoms with Crippen molar-refractivity contribution in [2.45, 2.75) is 39.0 Å². The number of aromatic nitrogens is 3. The highest BCUT2D eigenvalue weighted by Crippen LogP contribution is 2.25. The molecule has 0 atom stereocenters. The number of nitrogens with zero attached hydrogens (tertiary/aromatic N) is 3. The Bertz CT molecular complexity index is 1180. The second-order valence-corrected chi connectivity index (χ2v) is 10.2. The molecular weight excluding hydrogens is 596 g/mol. The maximum Gasteiger partial charge on any atom is 0.251 e. The zero-order valence-corrected chi connectivity index (χ0v) is 22.7. The Morgan fingerprint density at radius 3 is 2.42 bits per heavy atom. The van der Waals surface area contributed by atoms with Gasteiger partial charge in [-0.25, -0.2) is 0 Å². The fourth-order valence-electron chi connectivity index (χ4n) is 3.19. The van der Waals surface area contributed by atoms with Crippen molar-refractivity contribution in [3.63, 3.8) is 0 Å². The van der Waals surface area contributed by atoms with Crippen molar-refractivity contribution in [2.75, 3.05) is 11.1 Å². The summed E-state index contributed by atoms with van der Waals surface area (Å²) in [4.78, 5) is 25.0. The molecule has 0 aliphatic carbocycles. The van der Waals surface area contributed by atoms with Crippen LogP contribution in [0.5, 0.6) is 0 Å². The Kier molecular flexibility index (Phi) is 9.02. The van der Waals surface area contributed by atoms with Crippen LogP contribution in [-0.2, 0) is 17.9 Å². The van der Waals surface area contributed by atoms with Gasteiger partial charge in [-0.05, 0) is 84.8 Å². The fourth-order valence-corrected chi connectivity index (χ4v) is 5.24. The molecule has 11 heteroatoms. The fraction of sp³-hybridized carbons (Fsp3) is 0.273. The van der Waals surface area contributed by atoms with E-state index in [4.69, 9.17) is 23.2 Å². The van der Waals surface area contributed by atoms with E-state index < -0.39 is 0 Å². The molecule has 7 nitrogen and oxygen atoms in total. The van der Waals surface area contributed by atoms with E-state index in [2.05, 4.69) is 43.4 Å². The number of hydrogen-bond acceptors (Lipinski definition) is 5. The molecule has 1 heterocycles. The van der Waals surface area contributed by atoms with Crippen LogP contribution in [0.25, 0.3) is 0 Å². The number of halogens is 3. The van der Waals surface area contributed by atoms with Crippen LogP contribution in [0.4, 0.5) is 5.69 Å². The molecule has 0 aliphatic heterocycles. The Morgan fingerprint density at radius 1 is 1.09 bits per heavy atom. The zero-order valence-electron chi connectivity index (χ0n) is 18.2. The maximum atomic E-state index is 12.5. The van der Waals surface area contributed by atoms with E-state index in [9.17, 15) is 9.59 Å². The quantitative estimate of drug-likeness (QED) is 0.258. The minimum atomic E-state index is -0.295. The van der Waals surface area contributed by atoms with Crippen molar-refractivity contribution in [1.82, 2.24) is 20.1 Å². The van der Waals surface area contributed by atoms with Crippen LogP contribution in [-0.4, -0.2) is 32.3 Å². The van der Waals surface area contributed by atoms with Gasteiger partial charge in [-0.2, -0.15) is 0 Å². The third-order valence-corrected chi connectivity index (χ3v) is 7.12. The highest BCUT2D eigenvalue weighted by molar-refractivity contribution is 14.1. The number of anilines is 1. The normalized spacial score (nSPS) is 10.8. The van der Waals surface area contributed by atoms with E-state index >= 15 is 0 Å². The van der Waals surface area contributed by atoms with Gasteiger partial charge >= 0.3 is 0 Å². The molecule has 0 aliphatic rings. The summed E-state index contributed by atoms with van der Waals surface area (Å²) in [6.45, 7) is 6.70. The summed E-state index contributed by atoms with van der Waals surface area (Å²) in [6.07, 6.45) is 0. The molecule has 33 heavy (non-hydrogen) atoms. The molecule has 2 N–H and O–H groups in total. The van der Waals surface area contributed by atoms with E-state index in [1.165, 1.54) is 17.8 Å². The van der Waals surface area contributed by atoms with Gasteiger partial charge in [0.1, 0.15) is 0 Å². The van der Waals surface area contributed by atoms with Crippen molar-refractivity contribution in [2.24, 2.45) is 0 Å². The van der Waals surface area contributed by atoms with Gasteiger partial charge in [0.25, 0.3) is 5.91 Å². The average molecular weight is 618 g/mol. The van der Waals surface area contributed by atoms with E-state index in [1.54, 1.807) is 12.1 Å². The molecule has 3 aromatic rings. The number of hydrogen-bond donors (Lipinski definition) is 2. The molecule has 2 amide bonds. The smallest absolute Gasteiger partial charge is 0.251 e. The molecule has 0 fully saturated rings. The molecule has 0 spiro atoms. The van der Waals surface area contributed by atoms with Gasteiger partial charge in [0, 0.05) is 21.4 Å². The molecular formula is C22H22Cl2IN5O2S. The maximum absolute atomic E-state index is 12.5. The van der Waals surface area contributed by atoms with Gasteiger partial charge in [-0.15, -0.1) is 10.2 Å². The molecule has 174 valence electrons. The number of aryl methyl sites for hydroxylation is 2. The molecule has 1 aromatic heterocycles. The van der Waals surface area contributed by atoms with Crippen molar-refractivity contribution >= 4 is 75.1 Å². The molecule has 0 saturated heterocycles. The van der Waals surface area contributed by atoms with Gasteiger partial charge in [0.2, 0.25) is 5.91 Å². The van der Waals surface area contributed by atoms with E-state index in [-0.39, 0.29) is 24.1 Å². The van der Waals surface area contributed by atoms with Gasteiger partial charge in [0.15, 0.2) is 11.0 Å². The summed E-state index contributed by atoms with van der Waals surface area (Å²) < 4.78 is 3.00. The number of thioether (sulfide) groups is 1. The Labute approximate surface area is 220 Å². The molecule has 0 bridgehead atoms. The summed E-state index contributed by atoms with van der Waals surface area (Å²) in [5, 5.41) is 15.5.